The molecule has 0 bridgehead atoms. The van der Waals surface area contributed by atoms with E-state index in [4.69, 9.17) is 0 Å². The Hall–Kier alpha value is -5.38. The third-order valence-corrected chi connectivity index (χ3v) is 10.5. The van der Waals surface area contributed by atoms with Gasteiger partial charge in [0, 0.05) is 54.4 Å². The van der Waals surface area contributed by atoms with E-state index in [1.165, 1.54) is 65.2 Å². The van der Waals surface area contributed by atoms with Crippen molar-refractivity contribution in [2.75, 3.05) is 9.80 Å². The first-order valence-electron chi connectivity index (χ1n) is 15.9. The van der Waals surface area contributed by atoms with Gasteiger partial charge >= 0.3 is 0 Å². The number of benzene rings is 6. The molecule has 220 valence electrons. The summed E-state index contributed by atoms with van der Waals surface area (Å²) in [7, 11) is 0. The molecule has 0 fully saturated rings. The standard InChI is InChI=1S/C43H32N2S/c1-29-13-12-14-30(25-29)34-19-8-10-21-39(34)44(31-15-4-2-5-16-31)33-23-24-35-37-28-43-38(36-20-9-11-22-42(36)46-43)27-41(37)45(40(35)26-33)32-17-6-3-7-18-32/h2-28,35,40H,1H3. The highest BCUT2D eigenvalue weighted by molar-refractivity contribution is 7.25. The van der Waals surface area contributed by atoms with Crippen LogP contribution >= 0.6 is 11.3 Å². The molecule has 0 saturated heterocycles. The molecule has 0 spiro atoms. The lowest BCUT2D eigenvalue weighted by Gasteiger charge is -2.34. The first-order chi connectivity index (χ1) is 22.7. The third kappa shape index (κ3) is 4.39. The van der Waals surface area contributed by atoms with E-state index in [2.05, 4.69) is 181 Å². The zero-order chi connectivity index (χ0) is 30.6. The molecule has 46 heavy (non-hydrogen) atoms. The lowest BCUT2D eigenvalue weighted by Crippen LogP contribution is -2.31. The average molecular weight is 609 g/mol. The van der Waals surface area contributed by atoms with Gasteiger partial charge in [-0.2, -0.15) is 0 Å². The molecule has 0 saturated carbocycles. The zero-order valence-corrected chi connectivity index (χ0v) is 26.4. The van der Waals surface area contributed by atoms with Gasteiger partial charge in [-0.1, -0.05) is 109 Å². The SMILES string of the molecule is Cc1cccc(-c2ccccc2N(C2=CC3C(C=C2)c2cc4sc5ccccc5c4cc2N3c2ccccc2)c2ccccc2)c1. The predicted octanol–water partition coefficient (Wildman–Crippen LogP) is 11.9. The van der Waals surface area contributed by atoms with Gasteiger partial charge in [0.25, 0.3) is 0 Å². The van der Waals surface area contributed by atoms with Gasteiger partial charge in [-0.25, -0.2) is 0 Å². The van der Waals surface area contributed by atoms with Gasteiger partial charge in [-0.05, 0) is 78.7 Å². The minimum atomic E-state index is 0.137. The molecule has 9 rings (SSSR count). The molecule has 2 unspecified atom stereocenters. The van der Waals surface area contributed by atoms with Crippen molar-refractivity contribution >= 4 is 54.3 Å². The second-order valence-corrected chi connectivity index (χ2v) is 13.3. The fraction of sp³-hybridized carbons (Fsp3) is 0.0698. The Morgan fingerprint density at radius 3 is 2.26 bits per heavy atom. The highest BCUT2D eigenvalue weighted by atomic mass is 32.1. The van der Waals surface area contributed by atoms with Crippen molar-refractivity contribution in [1.82, 2.24) is 0 Å². The second kappa shape index (κ2) is 10.9. The molecule has 1 aliphatic heterocycles. The number of thiophene rings is 1. The largest absolute Gasteiger partial charge is 0.333 e. The Labute approximate surface area is 273 Å². The van der Waals surface area contributed by atoms with Crippen LogP contribution in [0.5, 0.6) is 0 Å². The number of allylic oxidation sites excluding steroid dienone is 1. The lowest BCUT2D eigenvalue weighted by molar-refractivity contribution is 0.735. The quantitative estimate of drug-likeness (QED) is 0.192. The molecule has 0 radical (unpaired) electrons. The molecule has 6 aromatic carbocycles. The Morgan fingerprint density at radius 2 is 1.41 bits per heavy atom. The van der Waals surface area contributed by atoms with E-state index in [-0.39, 0.29) is 12.0 Å². The van der Waals surface area contributed by atoms with E-state index >= 15 is 0 Å². The molecule has 2 aliphatic rings. The normalized spacial score (nSPS) is 16.8. The molecule has 1 aromatic heterocycles. The maximum Gasteiger partial charge on any atom is 0.0649 e. The van der Waals surface area contributed by atoms with Crippen LogP contribution in [0.3, 0.4) is 0 Å². The highest BCUT2D eigenvalue weighted by Crippen LogP contribution is 2.52. The minimum Gasteiger partial charge on any atom is -0.333 e. The van der Waals surface area contributed by atoms with Crippen molar-refractivity contribution in [1.29, 1.82) is 0 Å². The van der Waals surface area contributed by atoms with Crippen LogP contribution in [-0.2, 0) is 0 Å². The zero-order valence-electron chi connectivity index (χ0n) is 25.5. The van der Waals surface area contributed by atoms with Crippen LogP contribution in [0.4, 0.5) is 22.7 Å². The van der Waals surface area contributed by atoms with Gasteiger partial charge in [-0.15, -0.1) is 11.3 Å². The maximum atomic E-state index is 2.56. The van der Waals surface area contributed by atoms with Crippen LogP contribution < -0.4 is 9.80 Å². The van der Waals surface area contributed by atoms with E-state index in [9.17, 15) is 0 Å². The van der Waals surface area contributed by atoms with Gasteiger partial charge in [0.05, 0.1) is 11.7 Å². The lowest BCUT2D eigenvalue weighted by atomic mass is 9.89. The van der Waals surface area contributed by atoms with Crippen LogP contribution in [0.2, 0.25) is 0 Å². The van der Waals surface area contributed by atoms with Gasteiger partial charge in [0.1, 0.15) is 0 Å². The Kier molecular flexibility index (Phi) is 6.39. The molecular weight excluding hydrogens is 577 g/mol. The molecule has 3 heteroatoms. The molecule has 2 nitrogen and oxygen atoms in total. The molecule has 0 N–H and O–H groups in total. The number of aryl methyl sites for hydroxylation is 1. The molecule has 2 heterocycles. The number of nitrogens with zero attached hydrogens (tertiary/aromatic N) is 2. The summed E-state index contributed by atoms with van der Waals surface area (Å²) in [6, 6.07) is 53.1. The van der Waals surface area contributed by atoms with E-state index in [1.54, 1.807) is 0 Å². The third-order valence-electron chi connectivity index (χ3n) is 9.41. The fourth-order valence-corrected chi connectivity index (χ4v) is 8.50. The summed E-state index contributed by atoms with van der Waals surface area (Å²) in [5.41, 5.74) is 11.1. The summed E-state index contributed by atoms with van der Waals surface area (Å²) in [4.78, 5) is 4.99. The summed E-state index contributed by atoms with van der Waals surface area (Å²) in [5.74, 6) is 0.248. The molecular formula is C43H32N2S. The number of rotatable bonds is 5. The Balaban J connectivity index is 1.23. The topological polar surface area (TPSA) is 6.48 Å². The summed E-state index contributed by atoms with van der Waals surface area (Å²) >= 11 is 1.90. The Bertz CT molecular complexity index is 2300. The predicted molar refractivity (Wildman–Crippen MR) is 197 cm³/mol. The molecule has 0 amide bonds. The maximum absolute atomic E-state index is 2.56. The van der Waals surface area contributed by atoms with Gasteiger partial charge in [0.2, 0.25) is 0 Å². The van der Waals surface area contributed by atoms with Gasteiger partial charge in [-0.3, -0.25) is 0 Å². The van der Waals surface area contributed by atoms with Crippen LogP contribution in [0.15, 0.2) is 170 Å². The van der Waals surface area contributed by atoms with E-state index in [0.717, 1.165) is 5.69 Å². The fourth-order valence-electron chi connectivity index (χ4n) is 7.36. The summed E-state index contributed by atoms with van der Waals surface area (Å²) in [6.07, 6.45) is 7.27. The van der Waals surface area contributed by atoms with Crippen molar-refractivity contribution < 1.29 is 0 Å². The van der Waals surface area contributed by atoms with Crippen LogP contribution in [-0.4, -0.2) is 6.04 Å². The van der Waals surface area contributed by atoms with Gasteiger partial charge < -0.3 is 9.80 Å². The van der Waals surface area contributed by atoms with E-state index in [1.807, 2.05) is 11.3 Å². The molecule has 1 aliphatic carbocycles. The van der Waals surface area contributed by atoms with Crippen LogP contribution in [0.25, 0.3) is 31.3 Å². The number of hydrogen-bond acceptors (Lipinski definition) is 3. The van der Waals surface area contributed by atoms with Crippen molar-refractivity contribution in [3.05, 3.63) is 181 Å². The molecule has 2 atom stereocenters. The minimum absolute atomic E-state index is 0.137. The van der Waals surface area contributed by atoms with Crippen molar-refractivity contribution in [3.63, 3.8) is 0 Å². The molecule has 7 aromatic rings. The monoisotopic (exact) mass is 608 g/mol. The number of fused-ring (bicyclic) bond motifs is 6. The Morgan fingerprint density at radius 1 is 0.652 bits per heavy atom. The number of hydrogen-bond donors (Lipinski definition) is 0. The van der Waals surface area contributed by atoms with Crippen molar-refractivity contribution in [3.8, 4) is 11.1 Å². The smallest absolute Gasteiger partial charge is 0.0649 e. The average Bonchev–Trinajstić information content (AvgIpc) is 3.63. The number of anilines is 4. The highest BCUT2D eigenvalue weighted by Gasteiger charge is 2.40. The van der Waals surface area contributed by atoms with E-state index < -0.39 is 0 Å². The van der Waals surface area contributed by atoms with Crippen molar-refractivity contribution in [2.45, 2.75) is 18.9 Å². The number of para-hydroxylation sites is 3. The first kappa shape index (κ1) is 27.0. The first-order valence-corrected chi connectivity index (χ1v) is 16.8. The van der Waals surface area contributed by atoms with E-state index in [0.29, 0.717) is 0 Å². The van der Waals surface area contributed by atoms with Crippen LogP contribution in [0.1, 0.15) is 17.0 Å². The van der Waals surface area contributed by atoms with Gasteiger partial charge in [0.15, 0.2) is 0 Å². The summed E-state index contributed by atoms with van der Waals surface area (Å²) in [6.45, 7) is 2.16. The summed E-state index contributed by atoms with van der Waals surface area (Å²) in [5, 5.41) is 2.67. The second-order valence-electron chi connectivity index (χ2n) is 12.2. The van der Waals surface area contributed by atoms with Crippen LogP contribution in [0, 0.1) is 6.92 Å². The van der Waals surface area contributed by atoms with Crippen molar-refractivity contribution in [2.24, 2.45) is 0 Å². The summed E-state index contributed by atoms with van der Waals surface area (Å²) < 4.78 is 2.70.